The largest absolute Gasteiger partial charge is 0.492 e. The Morgan fingerprint density at radius 2 is 1.90 bits per heavy atom. The first kappa shape index (κ1) is 22.4. The second kappa shape index (κ2) is 11.8. The van der Waals surface area contributed by atoms with Gasteiger partial charge >= 0.3 is 0 Å². The van der Waals surface area contributed by atoms with Crippen LogP contribution in [0, 0.1) is 0 Å². The van der Waals surface area contributed by atoms with Crippen LogP contribution in [0.1, 0.15) is 38.2 Å². The molecule has 1 aromatic heterocycles. The fourth-order valence-corrected chi connectivity index (χ4v) is 5.18. The van der Waals surface area contributed by atoms with Gasteiger partial charge in [0.25, 0.3) is 0 Å². The lowest BCUT2D eigenvalue weighted by molar-refractivity contribution is 0.234. The summed E-state index contributed by atoms with van der Waals surface area (Å²) in [6.07, 6.45) is 5.21. The Bertz CT molecular complexity index is 882. The highest BCUT2D eigenvalue weighted by Crippen LogP contribution is 2.33. The van der Waals surface area contributed by atoms with E-state index in [9.17, 15) is 0 Å². The summed E-state index contributed by atoms with van der Waals surface area (Å²) >= 11 is 9.44. The lowest BCUT2D eigenvalue weighted by atomic mass is 10.2. The molecule has 0 aliphatic rings. The van der Waals surface area contributed by atoms with E-state index >= 15 is 0 Å². The molecule has 0 saturated carbocycles. The van der Waals surface area contributed by atoms with Crippen molar-refractivity contribution in [1.82, 2.24) is 9.88 Å². The van der Waals surface area contributed by atoms with Gasteiger partial charge in [0.1, 0.15) is 12.4 Å². The molecule has 0 fully saturated rings. The predicted octanol–water partition coefficient (Wildman–Crippen LogP) is 7.13. The van der Waals surface area contributed by atoms with Crippen molar-refractivity contribution in [3.63, 3.8) is 0 Å². The van der Waals surface area contributed by atoms with Gasteiger partial charge in [-0.25, -0.2) is 4.98 Å². The number of unbranched alkanes of at least 4 members (excludes halogenated alkanes) is 3. The topological polar surface area (TPSA) is 25.4 Å². The molecular formula is C23H29ClN2OS2. The minimum Gasteiger partial charge on any atom is -0.492 e. The van der Waals surface area contributed by atoms with Crippen LogP contribution in [0.15, 0.2) is 46.8 Å². The van der Waals surface area contributed by atoms with Crippen molar-refractivity contribution in [3.8, 4) is 5.75 Å². The molecule has 0 spiro atoms. The van der Waals surface area contributed by atoms with Crippen LogP contribution in [0.25, 0.3) is 10.2 Å². The summed E-state index contributed by atoms with van der Waals surface area (Å²) in [6.45, 7) is 5.06. The Morgan fingerprint density at radius 1 is 1.07 bits per heavy atom. The average Bonchev–Trinajstić information content (AvgIpc) is 3.13. The Morgan fingerprint density at radius 3 is 2.69 bits per heavy atom. The van der Waals surface area contributed by atoms with Gasteiger partial charge in [-0.1, -0.05) is 61.7 Å². The van der Waals surface area contributed by atoms with Crippen molar-refractivity contribution in [2.24, 2.45) is 0 Å². The number of hydrogen-bond acceptors (Lipinski definition) is 5. The Kier molecular flexibility index (Phi) is 9.12. The molecule has 3 aromatic rings. The number of rotatable bonds is 12. The van der Waals surface area contributed by atoms with E-state index in [0.717, 1.165) is 39.5 Å². The van der Waals surface area contributed by atoms with Crippen molar-refractivity contribution in [2.75, 3.05) is 26.7 Å². The van der Waals surface area contributed by atoms with Crippen molar-refractivity contribution in [3.05, 3.63) is 53.1 Å². The number of ether oxygens (including phenoxy) is 1. The van der Waals surface area contributed by atoms with E-state index in [4.69, 9.17) is 21.3 Å². The molecule has 1 heterocycles. The summed E-state index contributed by atoms with van der Waals surface area (Å²) in [7, 11) is 2.17. The third kappa shape index (κ3) is 7.49. The zero-order chi connectivity index (χ0) is 20.5. The minimum absolute atomic E-state index is 0.715. The highest BCUT2D eigenvalue weighted by atomic mass is 35.5. The molecule has 6 heteroatoms. The van der Waals surface area contributed by atoms with Gasteiger partial charge < -0.3 is 9.64 Å². The number of thiazole rings is 1. The summed E-state index contributed by atoms with van der Waals surface area (Å²) < 4.78 is 8.24. The van der Waals surface area contributed by atoms with Crippen molar-refractivity contribution in [1.29, 1.82) is 0 Å². The Balaban J connectivity index is 1.46. The van der Waals surface area contributed by atoms with E-state index in [1.165, 1.54) is 35.9 Å². The Labute approximate surface area is 187 Å². The molecule has 3 rings (SSSR count). The van der Waals surface area contributed by atoms with Crippen LogP contribution in [0.3, 0.4) is 0 Å². The van der Waals surface area contributed by atoms with Gasteiger partial charge in [-0.15, -0.1) is 11.3 Å². The predicted molar refractivity (Wildman–Crippen MR) is 128 cm³/mol. The van der Waals surface area contributed by atoms with Gasteiger partial charge in [-0.2, -0.15) is 0 Å². The molecule has 3 nitrogen and oxygen atoms in total. The summed E-state index contributed by atoms with van der Waals surface area (Å²) in [5, 5.41) is 0.772. The van der Waals surface area contributed by atoms with Crippen LogP contribution in [0.4, 0.5) is 0 Å². The van der Waals surface area contributed by atoms with Gasteiger partial charge in [0, 0.05) is 17.3 Å². The maximum Gasteiger partial charge on any atom is 0.151 e. The first-order valence-corrected chi connectivity index (χ1v) is 12.4. The fraction of sp³-hybridized carbons (Fsp3) is 0.435. The van der Waals surface area contributed by atoms with E-state index in [-0.39, 0.29) is 0 Å². The fourth-order valence-electron chi connectivity index (χ4n) is 3.00. The monoisotopic (exact) mass is 448 g/mol. The number of hydrogen-bond donors (Lipinski definition) is 0. The van der Waals surface area contributed by atoms with E-state index in [1.807, 2.05) is 18.2 Å². The second-order valence-electron chi connectivity index (χ2n) is 7.24. The van der Waals surface area contributed by atoms with Crippen LogP contribution in [-0.4, -0.2) is 36.6 Å². The number of thioether (sulfide) groups is 1. The maximum absolute atomic E-state index is 5.98. The second-order valence-corrected chi connectivity index (χ2v) is 9.93. The van der Waals surface area contributed by atoms with E-state index < -0.39 is 0 Å². The lowest BCUT2D eigenvalue weighted by Crippen LogP contribution is -2.25. The molecule has 2 aromatic carbocycles. The van der Waals surface area contributed by atoms with E-state index in [0.29, 0.717) is 6.61 Å². The summed E-state index contributed by atoms with van der Waals surface area (Å²) in [5.41, 5.74) is 2.29. The molecule has 29 heavy (non-hydrogen) atoms. The molecule has 0 N–H and O–H groups in total. The minimum atomic E-state index is 0.715. The van der Waals surface area contributed by atoms with Crippen LogP contribution in [0.2, 0.25) is 5.02 Å². The zero-order valence-electron chi connectivity index (χ0n) is 17.2. The third-order valence-electron chi connectivity index (χ3n) is 4.75. The van der Waals surface area contributed by atoms with Crippen LogP contribution in [0.5, 0.6) is 5.75 Å². The van der Waals surface area contributed by atoms with Crippen LogP contribution in [-0.2, 0) is 5.75 Å². The average molecular weight is 449 g/mol. The summed E-state index contributed by atoms with van der Waals surface area (Å²) in [5.74, 6) is 1.82. The smallest absolute Gasteiger partial charge is 0.151 e. The Hall–Kier alpha value is -1.27. The quantitative estimate of drug-likeness (QED) is 0.217. The van der Waals surface area contributed by atoms with Gasteiger partial charge in [0.05, 0.1) is 10.2 Å². The molecule has 0 aliphatic heterocycles. The number of benzene rings is 2. The number of halogens is 1. The first-order chi connectivity index (χ1) is 14.1. The number of aromatic nitrogens is 1. The zero-order valence-corrected chi connectivity index (χ0v) is 19.6. The highest BCUT2D eigenvalue weighted by molar-refractivity contribution is 8.00. The highest BCUT2D eigenvalue weighted by Gasteiger charge is 2.07. The van der Waals surface area contributed by atoms with Crippen molar-refractivity contribution >= 4 is 44.9 Å². The van der Waals surface area contributed by atoms with Crippen molar-refractivity contribution in [2.45, 2.75) is 42.7 Å². The molecule has 0 bridgehead atoms. The van der Waals surface area contributed by atoms with Crippen LogP contribution >= 0.6 is 34.7 Å². The summed E-state index contributed by atoms with van der Waals surface area (Å²) in [4.78, 5) is 7.09. The number of fused-ring (bicyclic) bond motifs is 1. The maximum atomic E-state index is 5.98. The molecule has 0 atom stereocenters. The van der Waals surface area contributed by atoms with Gasteiger partial charge in [0.2, 0.25) is 0 Å². The number of likely N-dealkylation sites (N-methyl/N-ethyl adjacent to an activating group) is 1. The molecule has 0 amide bonds. The first-order valence-electron chi connectivity index (χ1n) is 10.2. The molecule has 0 radical (unpaired) electrons. The normalized spacial score (nSPS) is 11.4. The molecule has 156 valence electrons. The van der Waals surface area contributed by atoms with Crippen LogP contribution < -0.4 is 4.74 Å². The van der Waals surface area contributed by atoms with E-state index in [1.54, 1.807) is 23.1 Å². The van der Waals surface area contributed by atoms with Crippen molar-refractivity contribution < 1.29 is 4.74 Å². The number of nitrogens with zero attached hydrogens (tertiary/aromatic N) is 2. The van der Waals surface area contributed by atoms with E-state index in [2.05, 4.69) is 43.1 Å². The molecule has 0 unspecified atom stereocenters. The van der Waals surface area contributed by atoms with Gasteiger partial charge in [-0.05, 0) is 55.9 Å². The standard InChI is InChI=1S/C23H29ClN2OS2/c1-3-4-5-6-13-26(2)14-15-27-20-11-12-21-22(16-20)29-23(25-21)28-17-18-7-9-19(24)10-8-18/h7-12,16H,3-6,13-15,17H2,1-2H3. The van der Waals surface area contributed by atoms with Gasteiger partial charge in [-0.3, -0.25) is 0 Å². The SMILES string of the molecule is CCCCCCN(C)CCOc1ccc2nc(SCc3ccc(Cl)cc3)sc2c1. The molecule has 0 saturated heterocycles. The molecular weight excluding hydrogens is 420 g/mol. The lowest BCUT2D eigenvalue weighted by Gasteiger charge is -2.16. The summed E-state index contributed by atoms with van der Waals surface area (Å²) in [6, 6.07) is 14.2. The van der Waals surface area contributed by atoms with Gasteiger partial charge in [0.15, 0.2) is 4.34 Å². The third-order valence-corrected chi connectivity index (χ3v) is 7.24. The molecule has 0 aliphatic carbocycles.